The van der Waals surface area contributed by atoms with Crippen LogP contribution in [0.5, 0.6) is 5.75 Å². The monoisotopic (exact) mass is 322 g/mol. The molecule has 2 rings (SSSR count). The van der Waals surface area contributed by atoms with Crippen molar-refractivity contribution in [2.75, 3.05) is 0 Å². The van der Waals surface area contributed by atoms with Crippen LogP contribution >= 0.6 is 23.2 Å². The Morgan fingerprint density at radius 2 is 1.71 bits per heavy atom. The Morgan fingerprint density at radius 1 is 1.10 bits per heavy atom. The minimum atomic E-state index is -0.972. The van der Waals surface area contributed by atoms with Gasteiger partial charge in [0.25, 0.3) is 0 Å². The van der Waals surface area contributed by atoms with Crippen LogP contribution in [0.15, 0.2) is 48.5 Å². The molecule has 0 aliphatic rings. The molecular weight excluding hydrogens is 311 g/mol. The van der Waals surface area contributed by atoms with Crippen LogP contribution < -0.4 is 4.74 Å². The molecule has 1 N–H and O–H groups in total. The number of benzene rings is 2. The lowest BCUT2D eigenvalue weighted by Crippen LogP contribution is -1.95. The Morgan fingerprint density at radius 3 is 2.29 bits per heavy atom. The minimum Gasteiger partial charge on any atom is -0.489 e. The molecule has 0 heterocycles. The largest absolute Gasteiger partial charge is 0.489 e. The number of ether oxygens (including phenoxy) is 1. The van der Waals surface area contributed by atoms with Crippen LogP contribution in [0.2, 0.25) is 10.0 Å². The van der Waals surface area contributed by atoms with E-state index >= 15 is 0 Å². The Bertz CT molecular complexity index is 643. The van der Waals surface area contributed by atoms with Crippen LogP contribution in [0.1, 0.15) is 11.1 Å². The zero-order valence-electron chi connectivity index (χ0n) is 10.9. The molecule has 2 aromatic rings. The van der Waals surface area contributed by atoms with E-state index in [-0.39, 0.29) is 0 Å². The number of carbonyl (C=O) groups is 1. The van der Waals surface area contributed by atoms with Crippen LogP contribution in [-0.2, 0) is 11.4 Å². The fraction of sp³-hybridized carbons (Fsp3) is 0.0625. The molecule has 0 amide bonds. The molecule has 0 saturated heterocycles. The SMILES string of the molecule is O=C(O)C=Cc1ccc(COc2cc(Cl)cc(Cl)c2)cc1. The molecule has 2 aromatic carbocycles. The Kier molecular flexibility index (Phi) is 5.26. The number of hydrogen-bond acceptors (Lipinski definition) is 2. The Balaban J connectivity index is 1.99. The molecule has 5 heteroatoms. The van der Waals surface area contributed by atoms with E-state index in [2.05, 4.69) is 0 Å². The van der Waals surface area contributed by atoms with E-state index < -0.39 is 5.97 Å². The summed E-state index contributed by atoms with van der Waals surface area (Å²) in [6, 6.07) is 12.4. The first-order valence-electron chi connectivity index (χ1n) is 6.12. The first kappa shape index (κ1) is 15.4. The molecule has 108 valence electrons. The number of hydrogen-bond donors (Lipinski definition) is 1. The standard InChI is InChI=1S/C16H12Cl2O3/c17-13-7-14(18)9-15(8-13)21-10-12-3-1-11(2-4-12)5-6-16(19)20/h1-9H,10H2,(H,19,20). The molecule has 0 unspecified atom stereocenters. The molecule has 0 aromatic heterocycles. The van der Waals surface area contributed by atoms with Crippen LogP contribution in [0.4, 0.5) is 0 Å². The highest BCUT2D eigenvalue weighted by Gasteiger charge is 2.00. The van der Waals surface area contributed by atoms with Crippen molar-refractivity contribution in [1.29, 1.82) is 0 Å². The summed E-state index contributed by atoms with van der Waals surface area (Å²) >= 11 is 11.8. The summed E-state index contributed by atoms with van der Waals surface area (Å²) in [6.45, 7) is 0.375. The maximum atomic E-state index is 10.4. The van der Waals surface area contributed by atoms with Gasteiger partial charge in [-0.3, -0.25) is 0 Å². The normalized spacial score (nSPS) is 10.8. The smallest absolute Gasteiger partial charge is 0.328 e. The number of rotatable bonds is 5. The Hall–Kier alpha value is -1.97. The molecule has 21 heavy (non-hydrogen) atoms. The lowest BCUT2D eigenvalue weighted by Gasteiger charge is -2.07. The number of halogens is 2. The van der Waals surface area contributed by atoms with Crippen molar-refractivity contribution in [2.24, 2.45) is 0 Å². The first-order chi connectivity index (χ1) is 10.0. The van der Waals surface area contributed by atoms with Gasteiger partial charge in [0, 0.05) is 16.1 Å². The number of carboxylic acids is 1. The van der Waals surface area contributed by atoms with Crippen molar-refractivity contribution in [3.8, 4) is 5.75 Å². The van der Waals surface area contributed by atoms with Gasteiger partial charge in [-0.05, 0) is 35.4 Å². The highest BCUT2D eigenvalue weighted by Crippen LogP contribution is 2.24. The maximum absolute atomic E-state index is 10.4. The molecule has 0 radical (unpaired) electrons. The van der Waals surface area contributed by atoms with Crippen molar-refractivity contribution in [1.82, 2.24) is 0 Å². The van der Waals surface area contributed by atoms with Crippen molar-refractivity contribution in [3.05, 3.63) is 69.7 Å². The highest BCUT2D eigenvalue weighted by atomic mass is 35.5. The van der Waals surface area contributed by atoms with Gasteiger partial charge in [-0.25, -0.2) is 4.79 Å². The second kappa shape index (κ2) is 7.16. The summed E-state index contributed by atoms with van der Waals surface area (Å²) in [5.74, 6) is -0.373. The van der Waals surface area contributed by atoms with Gasteiger partial charge >= 0.3 is 5.97 Å². The van der Waals surface area contributed by atoms with E-state index in [4.69, 9.17) is 33.0 Å². The van der Waals surface area contributed by atoms with Gasteiger partial charge in [-0.15, -0.1) is 0 Å². The number of aliphatic carboxylic acids is 1. The second-order valence-electron chi connectivity index (χ2n) is 4.31. The molecule has 0 aliphatic carbocycles. The minimum absolute atomic E-state index is 0.375. The van der Waals surface area contributed by atoms with E-state index in [0.717, 1.165) is 17.2 Å². The zero-order valence-corrected chi connectivity index (χ0v) is 12.4. The molecule has 0 saturated carbocycles. The van der Waals surface area contributed by atoms with Gasteiger partial charge in [0.1, 0.15) is 12.4 Å². The summed E-state index contributed by atoms with van der Waals surface area (Å²) in [5, 5.41) is 9.60. The quantitative estimate of drug-likeness (QED) is 0.813. The highest BCUT2D eigenvalue weighted by molar-refractivity contribution is 6.34. The molecule has 0 spiro atoms. The predicted molar refractivity (Wildman–Crippen MR) is 83.9 cm³/mol. The van der Waals surface area contributed by atoms with Gasteiger partial charge in [0.05, 0.1) is 0 Å². The lowest BCUT2D eigenvalue weighted by molar-refractivity contribution is -0.131. The molecule has 0 fully saturated rings. The van der Waals surface area contributed by atoms with Crippen molar-refractivity contribution < 1.29 is 14.6 Å². The van der Waals surface area contributed by atoms with Gasteiger partial charge in [-0.2, -0.15) is 0 Å². The van der Waals surface area contributed by atoms with Crippen LogP contribution in [-0.4, -0.2) is 11.1 Å². The van der Waals surface area contributed by atoms with Gasteiger partial charge < -0.3 is 9.84 Å². The molecular formula is C16H12Cl2O3. The second-order valence-corrected chi connectivity index (χ2v) is 5.18. The summed E-state index contributed by atoms with van der Waals surface area (Å²) in [7, 11) is 0. The van der Waals surface area contributed by atoms with Gasteiger partial charge in [-0.1, -0.05) is 47.5 Å². The molecule has 0 bridgehead atoms. The average molecular weight is 323 g/mol. The van der Waals surface area contributed by atoms with Crippen LogP contribution in [0.25, 0.3) is 6.08 Å². The molecule has 0 atom stereocenters. The predicted octanol–water partition coefficient (Wildman–Crippen LogP) is 4.67. The summed E-state index contributed by atoms with van der Waals surface area (Å²) in [6.07, 6.45) is 2.63. The fourth-order valence-corrected chi connectivity index (χ4v) is 2.18. The van der Waals surface area contributed by atoms with Crippen molar-refractivity contribution in [3.63, 3.8) is 0 Å². The molecule has 0 aliphatic heterocycles. The third-order valence-corrected chi connectivity index (χ3v) is 3.08. The summed E-state index contributed by atoms with van der Waals surface area (Å²) in [5.41, 5.74) is 1.77. The molecule has 3 nitrogen and oxygen atoms in total. The Labute approximate surface area is 132 Å². The number of carboxylic acid groups (broad SMARTS) is 1. The van der Waals surface area contributed by atoms with Crippen molar-refractivity contribution >= 4 is 35.2 Å². The zero-order chi connectivity index (χ0) is 15.2. The third-order valence-electron chi connectivity index (χ3n) is 2.64. The third kappa shape index (κ3) is 5.14. The van der Waals surface area contributed by atoms with E-state index in [1.165, 1.54) is 6.08 Å². The van der Waals surface area contributed by atoms with E-state index in [9.17, 15) is 4.79 Å². The average Bonchev–Trinajstić information content (AvgIpc) is 2.43. The van der Waals surface area contributed by atoms with E-state index in [1.54, 1.807) is 18.2 Å². The fourth-order valence-electron chi connectivity index (χ4n) is 1.67. The van der Waals surface area contributed by atoms with Crippen molar-refractivity contribution in [2.45, 2.75) is 6.61 Å². The van der Waals surface area contributed by atoms with Crippen LogP contribution in [0.3, 0.4) is 0 Å². The summed E-state index contributed by atoms with van der Waals surface area (Å²) in [4.78, 5) is 10.4. The van der Waals surface area contributed by atoms with Gasteiger partial charge in [0.2, 0.25) is 0 Å². The summed E-state index contributed by atoms with van der Waals surface area (Å²) < 4.78 is 5.61. The van der Waals surface area contributed by atoms with Crippen LogP contribution in [0, 0.1) is 0 Å². The topological polar surface area (TPSA) is 46.5 Å². The van der Waals surface area contributed by atoms with E-state index in [1.807, 2.05) is 24.3 Å². The first-order valence-corrected chi connectivity index (χ1v) is 6.87. The van der Waals surface area contributed by atoms with E-state index in [0.29, 0.717) is 22.4 Å². The van der Waals surface area contributed by atoms with Gasteiger partial charge in [0.15, 0.2) is 0 Å². The lowest BCUT2D eigenvalue weighted by atomic mass is 10.1. The maximum Gasteiger partial charge on any atom is 0.328 e.